The molecule has 0 bridgehead atoms. The van der Waals surface area contributed by atoms with Crippen LogP contribution in [0.5, 0.6) is 5.75 Å². The number of halogens is 1. The highest BCUT2D eigenvalue weighted by atomic mass is 35.5. The number of hydrogen-bond donors (Lipinski definition) is 2. The Bertz CT molecular complexity index is 604. The first kappa shape index (κ1) is 20.5. The monoisotopic (exact) mass is 349 g/mol. The molecule has 3 N–H and O–H groups in total. The average molecular weight is 350 g/mol. The summed E-state index contributed by atoms with van der Waals surface area (Å²) in [6.07, 6.45) is 1.74. The number of quaternary nitrogens is 1. The lowest BCUT2D eigenvalue weighted by molar-refractivity contribution is -0.694. The Kier molecular flexibility index (Phi) is 8.83. The van der Waals surface area contributed by atoms with Gasteiger partial charge < -0.3 is 27.6 Å². The standard InChI is InChI=1S/C20H27NO2.ClH/c1-15-14-18(11-12-19(15)23-3)20(22)16(2)21-13-7-10-17-8-5-4-6-9-17;/h4-6,8-9,11-12,14,16,20-22H,7,10,13H2,1-3H3;1H. The maximum absolute atomic E-state index is 10.5. The normalized spacial score (nSPS) is 13.0. The van der Waals surface area contributed by atoms with Gasteiger partial charge in [-0.15, -0.1) is 0 Å². The Balaban J connectivity index is 0.00000288. The van der Waals surface area contributed by atoms with E-state index in [-0.39, 0.29) is 18.4 Å². The number of nitrogens with two attached hydrogens (primary N) is 1. The van der Waals surface area contributed by atoms with E-state index in [0.717, 1.165) is 36.3 Å². The van der Waals surface area contributed by atoms with Crippen LogP contribution in [-0.4, -0.2) is 24.8 Å². The average Bonchev–Trinajstić information content (AvgIpc) is 2.58. The summed E-state index contributed by atoms with van der Waals surface area (Å²) in [5.74, 6) is 0.862. The van der Waals surface area contributed by atoms with Crippen LogP contribution in [0.25, 0.3) is 0 Å². The van der Waals surface area contributed by atoms with Crippen molar-refractivity contribution in [1.82, 2.24) is 0 Å². The van der Waals surface area contributed by atoms with E-state index < -0.39 is 6.10 Å². The first-order valence-corrected chi connectivity index (χ1v) is 8.31. The molecule has 2 aromatic carbocycles. The minimum atomic E-state index is -0.462. The van der Waals surface area contributed by atoms with Crippen LogP contribution in [0.3, 0.4) is 0 Å². The Morgan fingerprint density at radius 1 is 1.12 bits per heavy atom. The highest BCUT2D eigenvalue weighted by molar-refractivity contribution is 5.37. The lowest BCUT2D eigenvalue weighted by atomic mass is 10.0. The zero-order chi connectivity index (χ0) is 16.7. The third kappa shape index (κ3) is 5.82. The van der Waals surface area contributed by atoms with Gasteiger partial charge >= 0.3 is 0 Å². The van der Waals surface area contributed by atoms with Gasteiger partial charge in [0, 0.05) is 6.42 Å². The third-order valence-corrected chi connectivity index (χ3v) is 4.31. The van der Waals surface area contributed by atoms with Crippen molar-refractivity contribution < 1.29 is 27.6 Å². The number of benzene rings is 2. The second-order valence-corrected chi connectivity index (χ2v) is 6.15. The molecule has 3 nitrogen and oxygen atoms in total. The van der Waals surface area contributed by atoms with Gasteiger partial charge in [-0.25, -0.2) is 0 Å². The second-order valence-electron chi connectivity index (χ2n) is 6.15. The molecule has 132 valence electrons. The fourth-order valence-electron chi connectivity index (χ4n) is 2.85. The fourth-order valence-corrected chi connectivity index (χ4v) is 2.85. The molecule has 0 spiro atoms. The summed E-state index contributed by atoms with van der Waals surface area (Å²) in [4.78, 5) is 0. The molecule has 4 heteroatoms. The molecule has 0 aliphatic heterocycles. The number of aryl methyl sites for hydroxylation is 2. The molecular weight excluding hydrogens is 322 g/mol. The van der Waals surface area contributed by atoms with E-state index in [2.05, 4.69) is 36.5 Å². The minimum absolute atomic E-state index is 0. The van der Waals surface area contributed by atoms with Crippen LogP contribution in [-0.2, 0) is 6.42 Å². The number of ether oxygens (including phenoxy) is 1. The van der Waals surface area contributed by atoms with Gasteiger partial charge in [-0.05, 0) is 49.1 Å². The Hall–Kier alpha value is -1.55. The van der Waals surface area contributed by atoms with Crippen molar-refractivity contribution in [1.29, 1.82) is 0 Å². The van der Waals surface area contributed by atoms with Gasteiger partial charge in [0.05, 0.1) is 13.7 Å². The predicted octanol–water partition coefficient (Wildman–Crippen LogP) is -0.374. The van der Waals surface area contributed by atoms with Crippen LogP contribution in [0.15, 0.2) is 48.5 Å². The summed E-state index contributed by atoms with van der Waals surface area (Å²) in [6.45, 7) is 5.10. The van der Waals surface area contributed by atoms with Crippen molar-refractivity contribution in [3.63, 3.8) is 0 Å². The van der Waals surface area contributed by atoms with E-state index in [0.29, 0.717) is 0 Å². The van der Waals surface area contributed by atoms with E-state index in [9.17, 15) is 5.11 Å². The molecule has 0 saturated carbocycles. The maximum atomic E-state index is 10.5. The molecule has 2 rings (SSSR count). The number of aliphatic hydroxyl groups is 1. The van der Waals surface area contributed by atoms with Crippen molar-refractivity contribution in [3.8, 4) is 5.75 Å². The van der Waals surface area contributed by atoms with E-state index >= 15 is 0 Å². The summed E-state index contributed by atoms with van der Waals surface area (Å²) in [7, 11) is 1.67. The van der Waals surface area contributed by atoms with Crippen LogP contribution in [0, 0.1) is 6.92 Å². The summed E-state index contributed by atoms with van der Waals surface area (Å²) in [6, 6.07) is 16.6. The molecular formula is C20H28ClNO2. The lowest BCUT2D eigenvalue weighted by Gasteiger charge is -2.19. The Morgan fingerprint density at radius 3 is 2.46 bits per heavy atom. The van der Waals surface area contributed by atoms with Crippen LogP contribution in [0.2, 0.25) is 0 Å². The van der Waals surface area contributed by atoms with Crippen molar-refractivity contribution in [2.75, 3.05) is 13.7 Å². The second kappa shape index (κ2) is 10.3. The van der Waals surface area contributed by atoms with E-state index in [1.54, 1.807) is 7.11 Å². The Labute approximate surface area is 151 Å². The molecule has 0 saturated heterocycles. The molecule has 0 amide bonds. The largest absolute Gasteiger partial charge is 1.00 e. The van der Waals surface area contributed by atoms with Gasteiger partial charge in [0.1, 0.15) is 17.9 Å². The molecule has 0 aliphatic carbocycles. The van der Waals surface area contributed by atoms with Crippen LogP contribution < -0.4 is 22.5 Å². The van der Waals surface area contributed by atoms with Crippen LogP contribution in [0.1, 0.15) is 36.1 Å². The van der Waals surface area contributed by atoms with Crippen molar-refractivity contribution in [3.05, 3.63) is 65.2 Å². The first-order valence-electron chi connectivity index (χ1n) is 8.31. The number of methoxy groups -OCH3 is 1. The van der Waals surface area contributed by atoms with E-state index in [1.807, 2.05) is 31.2 Å². The van der Waals surface area contributed by atoms with Crippen molar-refractivity contribution in [2.45, 2.75) is 38.8 Å². The number of hydrogen-bond acceptors (Lipinski definition) is 2. The number of aliphatic hydroxyl groups excluding tert-OH is 1. The predicted molar refractivity (Wildman–Crippen MR) is 93.7 cm³/mol. The van der Waals surface area contributed by atoms with E-state index in [1.165, 1.54) is 5.56 Å². The minimum Gasteiger partial charge on any atom is -1.00 e. The molecule has 0 fully saturated rings. The Morgan fingerprint density at radius 2 is 1.83 bits per heavy atom. The number of rotatable bonds is 8. The molecule has 2 unspecified atom stereocenters. The quantitative estimate of drug-likeness (QED) is 0.639. The van der Waals surface area contributed by atoms with Gasteiger partial charge in [-0.1, -0.05) is 36.4 Å². The maximum Gasteiger partial charge on any atom is 0.130 e. The zero-order valence-corrected chi connectivity index (χ0v) is 15.5. The molecule has 0 aromatic heterocycles. The lowest BCUT2D eigenvalue weighted by Crippen LogP contribution is -3.00. The molecule has 0 radical (unpaired) electrons. The van der Waals surface area contributed by atoms with Crippen LogP contribution >= 0.6 is 0 Å². The molecule has 0 heterocycles. The third-order valence-electron chi connectivity index (χ3n) is 4.31. The summed E-state index contributed by atoms with van der Waals surface area (Å²) in [5.41, 5.74) is 3.38. The summed E-state index contributed by atoms with van der Waals surface area (Å²) in [5, 5.41) is 12.8. The van der Waals surface area contributed by atoms with E-state index in [4.69, 9.17) is 4.74 Å². The summed E-state index contributed by atoms with van der Waals surface area (Å²) >= 11 is 0. The highest BCUT2D eigenvalue weighted by Gasteiger charge is 2.19. The fraction of sp³-hybridized carbons (Fsp3) is 0.400. The van der Waals surface area contributed by atoms with Gasteiger partial charge in [0.2, 0.25) is 0 Å². The summed E-state index contributed by atoms with van der Waals surface area (Å²) < 4.78 is 5.27. The van der Waals surface area contributed by atoms with Crippen LogP contribution in [0.4, 0.5) is 0 Å². The molecule has 0 aliphatic rings. The zero-order valence-electron chi connectivity index (χ0n) is 14.7. The molecule has 24 heavy (non-hydrogen) atoms. The first-order chi connectivity index (χ1) is 11.1. The van der Waals surface area contributed by atoms with Crippen molar-refractivity contribution in [2.24, 2.45) is 0 Å². The van der Waals surface area contributed by atoms with Crippen molar-refractivity contribution >= 4 is 0 Å². The topological polar surface area (TPSA) is 46.1 Å². The van der Waals surface area contributed by atoms with Gasteiger partial charge in [0.15, 0.2) is 0 Å². The van der Waals surface area contributed by atoms with Gasteiger partial charge in [-0.2, -0.15) is 0 Å². The molecule has 2 aromatic rings. The van der Waals surface area contributed by atoms with Gasteiger partial charge in [0.25, 0.3) is 0 Å². The SMILES string of the molecule is COc1ccc(C(O)C(C)[NH2+]CCCc2ccccc2)cc1C.[Cl-]. The highest BCUT2D eigenvalue weighted by Crippen LogP contribution is 2.23. The molecule has 2 atom stereocenters. The van der Waals surface area contributed by atoms with Gasteiger partial charge in [-0.3, -0.25) is 0 Å². The smallest absolute Gasteiger partial charge is 0.130 e.